The molecule has 1 aliphatic rings. The Morgan fingerprint density at radius 1 is 1.53 bits per heavy atom. The molecular formula is C10H17N5. The largest absolute Gasteiger partial charge is 0.366 e. The van der Waals surface area contributed by atoms with Crippen LogP contribution in [-0.4, -0.2) is 27.3 Å². The minimum atomic E-state index is 0.378. The number of hydrogen-bond donors (Lipinski definition) is 2. The van der Waals surface area contributed by atoms with Gasteiger partial charge in [-0.25, -0.2) is 0 Å². The second-order valence-corrected chi connectivity index (χ2v) is 4.04. The Kier molecular flexibility index (Phi) is 2.99. The molecule has 0 saturated heterocycles. The minimum Gasteiger partial charge on any atom is -0.366 e. The van der Waals surface area contributed by atoms with E-state index in [0.29, 0.717) is 18.0 Å². The lowest BCUT2D eigenvalue weighted by Crippen LogP contribution is -2.17. The zero-order valence-electron chi connectivity index (χ0n) is 9.20. The predicted octanol–water partition coefficient (Wildman–Crippen LogP) is 1.66. The van der Waals surface area contributed by atoms with Crippen LogP contribution in [0.15, 0.2) is 6.20 Å². The highest BCUT2D eigenvalue weighted by Gasteiger charge is 2.21. The molecule has 1 fully saturated rings. The standard InChI is InChI=1S/C10H17N5/c1-3-7(2)12-10-14-9(6-11-15-10)13-8-4-5-8/h6-8H,3-5H2,1-2H3,(H2,12,13,14,15). The lowest BCUT2D eigenvalue weighted by molar-refractivity contribution is 0.746. The van der Waals surface area contributed by atoms with E-state index in [1.807, 2.05) is 0 Å². The number of rotatable bonds is 5. The molecule has 2 N–H and O–H groups in total. The van der Waals surface area contributed by atoms with E-state index in [-0.39, 0.29) is 0 Å². The third-order valence-electron chi connectivity index (χ3n) is 2.48. The van der Waals surface area contributed by atoms with Crippen LogP contribution in [0.1, 0.15) is 33.1 Å². The van der Waals surface area contributed by atoms with E-state index in [0.717, 1.165) is 12.2 Å². The quantitative estimate of drug-likeness (QED) is 0.768. The number of aromatic nitrogens is 3. The predicted molar refractivity (Wildman–Crippen MR) is 59.8 cm³/mol. The van der Waals surface area contributed by atoms with Crippen molar-refractivity contribution in [3.05, 3.63) is 6.20 Å². The van der Waals surface area contributed by atoms with Crippen LogP contribution in [0.2, 0.25) is 0 Å². The van der Waals surface area contributed by atoms with Crippen LogP contribution >= 0.6 is 0 Å². The Morgan fingerprint density at radius 3 is 3.00 bits per heavy atom. The SMILES string of the molecule is CCC(C)Nc1nncc(NC2CC2)n1. The van der Waals surface area contributed by atoms with Crippen molar-refractivity contribution >= 4 is 11.8 Å². The number of nitrogens with zero attached hydrogens (tertiary/aromatic N) is 3. The minimum absolute atomic E-state index is 0.378. The summed E-state index contributed by atoms with van der Waals surface area (Å²) in [5.74, 6) is 1.42. The van der Waals surface area contributed by atoms with Crippen LogP contribution in [0.4, 0.5) is 11.8 Å². The Bertz CT molecular complexity index is 323. The maximum absolute atomic E-state index is 4.35. The monoisotopic (exact) mass is 207 g/mol. The first-order chi connectivity index (χ1) is 7.28. The third kappa shape index (κ3) is 3.04. The Balaban J connectivity index is 1.97. The summed E-state index contributed by atoms with van der Waals surface area (Å²) in [6, 6.07) is 0.973. The van der Waals surface area contributed by atoms with Crippen LogP contribution in [0.3, 0.4) is 0 Å². The van der Waals surface area contributed by atoms with Gasteiger partial charge in [-0.2, -0.15) is 10.1 Å². The van der Waals surface area contributed by atoms with Crippen LogP contribution in [0, 0.1) is 0 Å². The maximum Gasteiger partial charge on any atom is 0.244 e. The molecule has 0 radical (unpaired) electrons. The van der Waals surface area contributed by atoms with Crippen molar-refractivity contribution in [3.8, 4) is 0 Å². The molecule has 0 aromatic carbocycles. The van der Waals surface area contributed by atoms with Gasteiger partial charge in [0, 0.05) is 12.1 Å². The second-order valence-electron chi connectivity index (χ2n) is 4.04. The van der Waals surface area contributed by atoms with E-state index in [9.17, 15) is 0 Å². The van der Waals surface area contributed by atoms with Gasteiger partial charge in [0.2, 0.25) is 5.95 Å². The van der Waals surface area contributed by atoms with E-state index in [4.69, 9.17) is 0 Å². The molecule has 1 aromatic rings. The van der Waals surface area contributed by atoms with Crippen LogP contribution in [-0.2, 0) is 0 Å². The van der Waals surface area contributed by atoms with Gasteiger partial charge in [-0.15, -0.1) is 5.10 Å². The van der Waals surface area contributed by atoms with Gasteiger partial charge in [-0.1, -0.05) is 6.92 Å². The zero-order chi connectivity index (χ0) is 10.7. The van der Waals surface area contributed by atoms with Crippen molar-refractivity contribution in [1.29, 1.82) is 0 Å². The lowest BCUT2D eigenvalue weighted by atomic mass is 10.3. The normalized spacial score (nSPS) is 17.2. The molecule has 5 nitrogen and oxygen atoms in total. The summed E-state index contributed by atoms with van der Waals surface area (Å²) in [5.41, 5.74) is 0. The molecule has 1 heterocycles. The molecule has 0 bridgehead atoms. The fourth-order valence-corrected chi connectivity index (χ4v) is 1.19. The van der Waals surface area contributed by atoms with Gasteiger partial charge in [0.15, 0.2) is 5.82 Å². The van der Waals surface area contributed by atoms with E-state index < -0.39 is 0 Å². The molecule has 1 aromatic heterocycles. The summed E-state index contributed by atoms with van der Waals surface area (Å²) >= 11 is 0. The summed E-state index contributed by atoms with van der Waals surface area (Å²) in [7, 11) is 0. The molecule has 1 atom stereocenters. The lowest BCUT2D eigenvalue weighted by Gasteiger charge is -2.11. The first-order valence-electron chi connectivity index (χ1n) is 5.50. The summed E-state index contributed by atoms with van der Waals surface area (Å²) in [6.07, 6.45) is 5.18. The van der Waals surface area contributed by atoms with E-state index in [1.165, 1.54) is 12.8 Å². The molecule has 5 heteroatoms. The number of hydrogen-bond acceptors (Lipinski definition) is 5. The first-order valence-corrected chi connectivity index (χ1v) is 5.50. The molecule has 0 aliphatic heterocycles. The molecular weight excluding hydrogens is 190 g/mol. The summed E-state index contributed by atoms with van der Waals surface area (Å²) in [5, 5.41) is 14.4. The van der Waals surface area contributed by atoms with E-state index >= 15 is 0 Å². The van der Waals surface area contributed by atoms with Crippen molar-refractivity contribution in [2.75, 3.05) is 10.6 Å². The average Bonchev–Trinajstić information content (AvgIpc) is 3.02. The molecule has 1 saturated carbocycles. The highest BCUT2D eigenvalue weighted by atomic mass is 15.3. The molecule has 1 unspecified atom stereocenters. The van der Waals surface area contributed by atoms with Gasteiger partial charge in [-0.3, -0.25) is 0 Å². The van der Waals surface area contributed by atoms with Gasteiger partial charge < -0.3 is 10.6 Å². The van der Waals surface area contributed by atoms with Crippen LogP contribution < -0.4 is 10.6 Å². The number of nitrogens with one attached hydrogen (secondary N) is 2. The van der Waals surface area contributed by atoms with Gasteiger partial charge >= 0.3 is 0 Å². The molecule has 82 valence electrons. The van der Waals surface area contributed by atoms with Crippen molar-refractivity contribution in [3.63, 3.8) is 0 Å². The highest BCUT2D eigenvalue weighted by molar-refractivity contribution is 5.39. The van der Waals surface area contributed by atoms with E-state index in [2.05, 4.69) is 39.7 Å². The molecule has 0 amide bonds. The van der Waals surface area contributed by atoms with Crippen LogP contribution in [0.25, 0.3) is 0 Å². The maximum atomic E-state index is 4.35. The van der Waals surface area contributed by atoms with E-state index in [1.54, 1.807) is 6.20 Å². The van der Waals surface area contributed by atoms with Gasteiger partial charge in [0.1, 0.15) is 0 Å². The Hall–Kier alpha value is -1.39. The first kappa shape index (κ1) is 10.1. The second kappa shape index (κ2) is 4.42. The van der Waals surface area contributed by atoms with Gasteiger partial charge in [0.05, 0.1) is 6.20 Å². The van der Waals surface area contributed by atoms with Crippen LogP contribution in [0.5, 0.6) is 0 Å². The zero-order valence-corrected chi connectivity index (χ0v) is 9.20. The summed E-state index contributed by atoms with van der Waals surface area (Å²) in [4.78, 5) is 4.35. The van der Waals surface area contributed by atoms with Gasteiger partial charge in [-0.05, 0) is 26.2 Å². The van der Waals surface area contributed by atoms with Crippen molar-refractivity contribution in [2.24, 2.45) is 0 Å². The Labute approximate surface area is 89.7 Å². The van der Waals surface area contributed by atoms with Gasteiger partial charge in [0.25, 0.3) is 0 Å². The molecule has 1 aliphatic carbocycles. The van der Waals surface area contributed by atoms with Crippen molar-refractivity contribution < 1.29 is 0 Å². The molecule has 2 rings (SSSR count). The average molecular weight is 207 g/mol. The fraction of sp³-hybridized carbons (Fsp3) is 0.700. The van der Waals surface area contributed by atoms with Crippen molar-refractivity contribution in [2.45, 2.75) is 45.2 Å². The fourth-order valence-electron chi connectivity index (χ4n) is 1.19. The summed E-state index contributed by atoms with van der Waals surface area (Å²) in [6.45, 7) is 4.22. The topological polar surface area (TPSA) is 62.7 Å². The smallest absolute Gasteiger partial charge is 0.244 e. The summed E-state index contributed by atoms with van der Waals surface area (Å²) < 4.78 is 0. The Morgan fingerprint density at radius 2 is 2.33 bits per heavy atom. The third-order valence-corrected chi connectivity index (χ3v) is 2.48. The highest BCUT2D eigenvalue weighted by Crippen LogP contribution is 2.23. The molecule has 15 heavy (non-hydrogen) atoms. The number of anilines is 2. The molecule has 0 spiro atoms. The van der Waals surface area contributed by atoms with Crippen molar-refractivity contribution in [1.82, 2.24) is 15.2 Å².